The van der Waals surface area contributed by atoms with E-state index in [2.05, 4.69) is 0 Å². The Morgan fingerprint density at radius 2 is 2.07 bits per heavy atom. The highest BCUT2D eigenvalue weighted by Crippen LogP contribution is 2.24. The van der Waals surface area contributed by atoms with E-state index in [4.69, 9.17) is 16.3 Å². The fraction of sp³-hybridized carbons (Fsp3) is 0.909. The number of piperidine rings is 1. The van der Waals surface area contributed by atoms with Crippen LogP contribution in [0.25, 0.3) is 0 Å². The Morgan fingerprint density at radius 1 is 1.40 bits per heavy atom. The number of likely N-dealkylation sites (tertiary alicyclic amines) is 1. The number of carbonyl (C=O) groups excluding carboxylic acids is 1. The van der Waals surface area contributed by atoms with Crippen molar-refractivity contribution in [2.45, 2.75) is 37.7 Å². The zero-order valence-electron chi connectivity index (χ0n) is 9.12. The maximum absolute atomic E-state index is 12.1. The Hall–Kier alpha value is -0.280. The molecule has 0 bridgehead atoms. The number of amides is 1. The quantitative estimate of drug-likeness (QED) is 0.643. The van der Waals surface area contributed by atoms with Crippen LogP contribution >= 0.6 is 11.6 Å². The summed E-state index contributed by atoms with van der Waals surface area (Å²) >= 11 is 6.01. The van der Waals surface area contributed by atoms with Gasteiger partial charge < -0.3 is 9.64 Å². The lowest BCUT2D eigenvalue weighted by Gasteiger charge is -2.31. The molecular weight excluding hydrogens is 214 g/mol. The van der Waals surface area contributed by atoms with E-state index in [-0.39, 0.29) is 23.3 Å². The second-order valence-electron chi connectivity index (χ2n) is 4.58. The average molecular weight is 232 g/mol. The van der Waals surface area contributed by atoms with Gasteiger partial charge in [-0.25, -0.2) is 0 Å². The van der Waals surface area contributed by atoms with Gasteiger partial charge in [0.1, 0.15) is 0 Å². The van der Waals surface area contributed by atoms with Crippen LogP contribution in [0.4, 0.5) is 0 Å². The molecule has 0 aromatic heterocycles. The summed E-state index contributed by atoms with van der Waals surface area (Å²) in [5.41, 5.74) is 0. The molecule has 2 aliphatic heterocycles. The summed E-state index contributed by atoms with van der Waals surface area (Å²) in [4.78, 5) is 14.0. The molecule has 2 heterocycles. The number of hydrogen-bond acceptors (Lipinski definition) is 2. The predicted octanol–water partition coefficient (Wildman–Crippen LogP) is 1.64. The topological polar surface area (TPSA) is 29.5 Å². The van der Waals surface area contributed by atoms with Crippen molar-refractivity contribution in [3.63, 3.8) is 0 Å². The van der Waals surface area contributed by atoms with E-state index in [1.165, 1.54) is 0 Å². The second kappa shape index (κ2) is 4.71. The van der Waals surface area contributed by atoms with Gasteiger partial charge in [-0.05, 0) is 26.2 Å². The molecule has 2 atom stereocenters. The number of rotatable bonds is 1. The van der Waals surface area contributed by atoms with Gasteiger partial charge >= 0.3 is 0 Å². The van der Waals surface area contributed by atoms with Gasteiger partial charge in [-0.15, -0.1) is 11.6 Å². The summed E-state index contributed by atoms with van der Waals surface area (Å²) in [5, 5.41) is 0.257. The molecule has 2 unspecified atom stereocenters. The Bertz CT molecular complexity index is 239. The molecule has 4 heteroatoms. The molecule has 0 aromatic carbocycles. The number of ether oxygens (including phenoxy) is 1. The molecule has 15 heavy (non-hydrogen) atoms. The van der Waals surface area contributed by atoms with Crippen molar-refractivity contribution < 1.29 is 9.53 Å². The van der Waals surface area contributed by atoms with Crippen molar-refractivity contribution in [3.05, 3.63) is 0 Å². The van der Waals surface area contributed by atoms with Crippen molar-refractivity contribution in [2.24, 2.45) is 5.92 Å². The van der Waals surface area contributed by atoms with Crippen molar-refractivity contribution in [3.8, 4) is 0 Å². The molecule has 2 saturated heterocycles. The van der Waals surface area contributed by atoms with Crippen LogP contribution in [0.15, 0.2) is 0 Å². The molecule has 0 N–H and O–H groups in total. The van der Waals surface area contributed by atoms with E-state index in [0.29, 0.717) is 6.61 Å². The Labute approximate surface area is 95.7 Å². The first-order valence-electron chi connectivity index (χ1n) is 5.71. The number of halogens is 1. The van der Waals surface area contributed by atoms with Crippen LogP contribution in [0, 0.1) is 5.92 Å². The highest BCUT2D eigenvalue weighted by atomic mass is 35.5. The van der Waals surface area contributed by atoms with E-state index in [9.17, 15) is 4.79 Å². The SMILES string of the molecule is CC1CC(C(=O)N2CCC(Cl)CC2)CO1. The minimum atomic E-state index is 0.0897. The minimum absolute atomic E-state index is 0.0897. The third kappa shape index (κ3) is 2.64. The zero-order valence-corrected chi connectivity index (χ0v) is 9.87. The molecule has 0 saturated carbocycles. The smallest absolute Gasteiger partial charge is 0.228 e. The molecule has 0 aromatic rings. The largest absolute Gasteiger partial charge is 0.378 e. The van der Waals surface area contributed by atoms with Crippen LogP contribution in [0.1, 0.15) is 26.2 Å². The van der Waals surface area contributed by atoms with Crippen LogP contribution in [0.5, 0.6) is 0 Å². The highest BCUT2D eigenvalue weighted by Gasteiger charge is 2.32. The Kier molecular flexibility index (Phi) is 3.52. The molecule has 0 radical (unpaired) electrons. The van der Waals surface area contributed by atoms with Gasteiger partial charge in [-0.1, -0.05) is 0 Å². The third-order valence-electron chi connectivity index (χ3n) is 3.28. The fourth-order valence-corrected chi connectivity index (χ4v) is 2.51. The normalized spacial score (nSPS) is 33.3. The monoisotopic (exact) mass is 231 g/mol. The predicted molar refractivity (Wildman–Crippen MR) is 59.0 cm³/mol. The van der Waals surface area contributed by atoms with Crippen molar-refractivity contribution in [1.29, 1.82) is 0 Å². The lowest BCUT2D eigenvalue weighted by atomic mass is 10.0. The molecule has 1 amide bonds. The van der Waals surface area contributed by atoms with Gasteiger partial charge in [0.2, 0.25) is 5.91 Å². The molecule has 3 nitrogen and oxygen atoms in total. The molecule has 2 aliphatic rings. The molecule has 2 rings (SSSR count). The van der Waals surface area contributed by atoms with E-state index in [0.717, 1.165) is 32.4 Å². The number of nitrogens with zero attached hydrogens (tertiary/aromatic N) is 1. The maximum atomic E-state index is 12.1. The van der Waals surface area contributed by atoms with Gasteiger partial charge in [-0.2, -0.15) is 0 Å². The first-order valence-corrected chi connectivity index (χ1v) is 6.15. The molecule has 86 valence electrons. The molecule has 2 fully saturated rings. The fourth-order valence-electron chi connectivity index (χ4n) is 2.32. The first kappa shape index (κ1) is 11.2. The summed E-state index contributed by atoms with van der Waals surface area (Å²) in [5.74, 6) is 0.356. The summed E-state index contributed by atoms with van der Waals surface area (Å²) in [7, 11) is 0. The van der Waals surface area contributed by atoms with Crippen LogP contribution in [0.3, 0.4) is 0 Å². The van der Waals surface area contributed by atoms with Crippen LogP contribution in [0.2, 0.25) is 0 Å². The van der Waals surface area contributed by atoms with Crippen LogP contribution in [-0.2, 0) is 9.53 Å². The third-order valence-corrected chi connectivity index (χ3v) is 3.72. The zero-order chi connectivity index (χ0) is 10.8. The second-order valence-corrected chi connectivity index (χ2v) is 5.19. The van der Waals surface area contributed by atoms with Crippen LogP contribution < -0.4 is 0 Å². The average Bonchev–Trinajstić information content (AvgIpc) is 2.65. The van der Waals surface area contributed by atoms with Gasteiger partial charge in [-0.3, -0.25) is 4.79 Å². The van der Waals surface area contributed by atoms with Crippen molar-refractivity contribution >= 4 is 17.5 Å². The Balaban J connectivity index is 1.85. The number of hydrogen-bond donors (Lipinski definition) is 0. The van der Waals surface area contributed by atoms with Gasteiger partial charge in [0.15, 0.2) is 0 Å². The lowest BCUT2D eigenvalue weighted by molar-refractivity contribution is -0.136. The molecule has 0 spiro atoms. The van der Waals surface area contributed by atoms with Crippen molar-refractivity contribution in [2.75, 3.05) is 19.7 Å². The Morgan fingerprint density at radius 3 is 2.60 bits per heavy atom. The van der Waals surface area contributed by atoms with E-state index < -0.39 is 0 Å². The van der Waals surface area contributed by atoms with Gasteiger partial charge in [0, 0.05) is 18.5 Å². The molecule has 0 aliphatic carbocycles. The standard InChI is InChI=1S/C11H18ClNO2/c1-8-6-9(7-15-8)11(14)13-4-2-10(12)3-5-13/h8-10H,2-7H2,1H3. The first-order chi connectivity index (χ1) is 7.16. The maximum Gasteiger partial charge on any atom is 0.228 e. The van der Waals surface area contributed by atoms with Crippen LogP contribution in [-0.4, -0.2) is 42.0 Å². The number of alkyl halides is 1. The molecular formula is C11H18ClNO2. The highest BCUT2D eigenvalue weighted by molar-refractivity contribution is 6.20. The van der Waals surface area contributed by atoms with E-state index in [1.54, 1.807) is 0 Å². The van der Waals surface area contributed by atoms with Crippen molar-refractivity contribution in [1.82, 2.24) is 4.90 Å². The van der Waals surface area contributed by atoms with E-state index in [1.807, 2.05) is 11.8 Å². The summed E-state index contributed by atoms with van der Waals surface area (Å²) in [6.45, 7) is 4.26. The lowest BCUT2D eigenvalue weighted by Crippen LogP contribution is -2.42. The summed E-state index contributed by atoms with van der Waals surface area (Å²) in [6, 6.07) is 0. The summed E-state index contributed by atoms with van der Waals surface area (Å²) in [6.07, 6.45) is 2.97. The number of carbonyl (C=O) groups is 1. The minimum Gasteiger partial charge on any atom is -0.378 e. The summed E-state index contributed by atoms with van der Waals surface area (Å²) < 4.78 is 5.42. The van der Waals surface area contributed by atoms with Gasteiger partial charge in [0.25, 0.3) is 0 Å². The van der Waals surface area contributed by atoms with E-state index >= 15 is 0 Å². The van der Waals surface area contributed by atoms with Gasteiger partial charge in [0.05, 0.1) is 18.6 Å².